The highest BCUT2D eigenvalue weighted by Gasteiger charge is 2.38. The van der Waals surface area contributed by atoms with Gasteiger partial charge in [0.15, 0.2) is 0 Å². The minimum atomic E-state index is -0.796. The Balaban J connectivity index is 1.84. The van der Waals surface area contributed by atoms with Gasteiger partial charge in [0.05, 0.1) is 11.2 Å². The van der Waals surface area contributed by atoms with Crippen LogP contribution in [-0.4, -0.2) is 40.2 Å². The van der Waals surface area contributed by atoms with Crippen LogP contribution in [0.15, 0.2) is 29.2 Å². The largest absolute Gasteiger partial charge is 0.481 e. The number of carbonyl (C=O) groups is 2. The number of likely N-dealkylation sites (tertiary alicyclic amines) is 1. The Bertz CT molecular complexity index is 528. The Morgan fingerprint density at radius 1 is 1.29 bits per heavy atom. The third-order valence-electron chi connectivity index (χ3n) is 3.79. The zero-order chi connectivity index (χ0) is 15.6. The molecule has 1 heterocycles. The van der Waals surface area contributed by atoms with Gasteiger partial charge in [-0.25, -0.2) is 0 Å². The number of carbonyl (C=O) groups excluding carboxylic acids is 1. The average Bonchev–Trinajstić information content (AvgIpc) is 2.39. The zero-order valence-corrected chi connectivity index (χ0v) is 13.5. The molecule has 1 aromatic rings. The van der Waals surface area contributed by atoms with Crippen molar-refractivity contribution in [2.75, 3.05) is 13.1 Å². The van der Waals surface area contributed by atoms with Gasteiger partial charge in [-0.3, -0.25) is 9.59 Å². The lowest BCUT2D eigenvalue weighted by Crippen LogP contribution is -2.55. The van der Waals surface area contributed by atoms with Crippen LogP contribution in [0.1, 0.15) is 13.8 Å². The van der Waals surface area contributed by atoms with Crippen molar-refractivity contribution in [1.29, 1.82) is 0 Å². The fraction of sp³-hybridized carbons (Fsp3) is 0.467. The highest BCUT2D eigenvalue weighted by molar-refractivity contribution is 8.00. The summed E-state index contributed by atoms with van der Waals surface area (Å²) in [4.78, 5) is 25.9. The zero-order valence-electron chi connectivity index (χ0n) is 12.0. The van der Waals surface area contributed by atoms with Crippen molar-refractivity contribution in [1.82, 2.24) is 4.90 Å². The molecule has 0 aliphatic carbocycles. The third-order valence-corrected chi connectivity index (χ3v) is 5.14. The number of amides is 1. The maximum atomic E-state index is 12.3. The lowest BCUT2D eigenvalue weighted by Gasteiger charge is -2.42. The minimum absolute atomic E-state index is 0.0591. The summed E-state index contributed by atoms with van der Waals surface area (Å²) < 4.78 is 0. The monoisotopic (exact) mass is 327 g/mol. The third kappa shape index (κ3) is 3.92. The first-order valence-corrected chi connectivity index (χ1v) is 8.08. The second kappa shape index (κ2) is 6.71. The van der Waals surface area contributed by atoms with Gasteiger partial charge in [0.25, 0.3) is 0 Å². The molecule has 1 aliphatic rings. The van der Waals surface area contributed by atoms with E-state index in [0.717, 1.165) is 4.90 Å². The molecule has 0 radical (unpaired) electrons. The predicted octanol–water partition coefficient (Wildman–Crippen LogP) is 3.00. The van der Waals surface area contributed by atoms with E-state index in [-0.39, 0.29) is 17.1 Å². The van der Waals surface area contributed by atoms with Crippen LogP contribution in [0.3, 0.4) is 0 Å². The van der Waals surface area contributed by atoms with Crippen LogP contribution in [0.4, 0.5) is 0 Å². The Labute approximate surface area is 133 Å². The van der Waals surface area contributed by atoms with Gasteiger partial charge in [-0.1, -0.05) is 18.5 Å². The van der Waals surface area contributed by atoms with Crippen LogP contribution in [0.25, 0.3) is 0 Å². The molecule has 1 N–H and O–H groups in total. The first kappa shape index (κ1) is 16.2. The summed E-state index contributed by atoms with van der Waals surface area (Å²) in [6.07, 6.45) is 0. The molecule has 21 heavy (non-hydrogen) atoms. The van der Waals surface area contributed by atoms with Gasteiger partial charge in [-0.15, -0.1) is 11.8 Å². The van der Waals surface area contributed by atoms with E-state index in [1.165, 1.54) is 11.8 Å². The maximum Gasteiger partial charge on any atom is 0.306 e. The van der Waals surface area contributed by atoms with Crippen molar-refractivity contribution in [3.05, 3.63) is 29.3 Å². The second-order valence-corrected chi connectivity index (χ2v) is 7.19. The van der Waals surface area contributed by atoms with Gasteiger partial charge in [0.2, 0.25) is 5.91 Å². The maximum absolute atomic E-state index is 12.3. The summed E-state index contributed by atoms with van der Waals surface area (Å²) in [5, 5.41) is 9.44. The number of hydrogen-bond acceptors (Lipinski definition) is 3. The van der Waals surface area contributed by atoms with Gasteiger partial charge < -0.3 is 10.0 Å². The summed E-state index contributed by atoms with van der Waals surface area (Å²) in [5.41, 5.74) is 0. The number of carboxylic acid groups (broad SMARTS) is 1. The van der Waals surface area contributed by atoms with E-state index in [4.69, 9.17) is 16.7 Å². The second-order valence-electron chi connectivity index (χ2n) is 5.34. The molecule has 114 valence electrons. The van der Waals surface area contributed by atoms with E-state index >= 15 is 0 Å². The molecule has 0 spiro atoms. The van der Waals surface area contributed by atoms with Crippen LogP contribution in [0.2, 0.25) is 5.02 Å². The molecule has 1 aromatic carbocycles. The van der Waals surface area contributed by atoms with Crippen LogP contribution < -0.4 is 0 Å². The molecule has 2 unspecified atom stereocenters. The molecule has 0 saturated carbocycles. The minimum Gasteiger partial charge on any atom is -0.481 e. The van der Waals surface area contributed by atoms with E-state index in [1.807, 2.05) is 19.1 Å². The number of carboxylic acids is 1. The molecule has 1 fully saturated rings. The molecule has 1 aliphatic heterocycles. The van der Waals surface area contributed by atoms with Crippen LogP contribution >= 0.6 is 23.4 Å². The average molecular weight is 328 g/mol. The van der Waals surface area contributed by atoms with Crippen LogP contribution in [-0.2, 0) is 9.59 Å². The summed E-state index contributed by atoms with van der Waals surface area (Å²) in [5.74, 6) is -1.06. The van der Waals surface area contributed by atoms with Gasteiger partial charge in [-0.05, 0) is 31.2 Å². The predicted molar refractivity (Wildman–Crippen MR) is 83.6 cm³/mol. The molecule has 0 bridgehead atoms. The van der Waals surface area contributed by atoms with Gasteiger partial charge >= 0.3 is 5.97 Å². The molecule has 0 aromatic heterocycles. The quantitative estimate of drug-likeness (QED) is 0.845. The van der Waals surface area contributed by atoms with E-state index < -0.39 is 11.9 Å². The van der Waals surface area contributed by atoms with Gasteiger partial charge in [0, 0.05) is 28.9 Å². The first-order chi connectivity index (χ1) is 9.88. The van der Waals surface area contributed by atoms with E-state index in [0.29, 0.717) is 18.1 Å². The number of rotatable bonds is 5. The fourth-order valence-corrected chi connectivity index (χ4v) is 3.31. The van der Waals surface area contributed by atoms with Gasteiger partial charge in [-0.2, -0.15) is 0 Å². The number of nitrogens with zero attached hydrogens (tertiary/aromatic N) is 1. The normalized spacial score (nSPS) is 18.0. The Kier molecular flexibility index (Phi) is 5.17. The van der Waals surface area contributed by atoms with Crippen molar-refractivity contribution in [2.24, 2.45) is 11.8 Å². The molecule has 1 saturated heterocycles. The van der Waals surface area contributed by atoms with Crippen molar-refractivity contribution >= 4 is 35.2 Å². The molecule has 2 atom stereocenters. The van der Waals surface area contributed by atoms with Crippen molar-refractivity contribution in [2.45, 2.75) is 24.0 Å². The number of aliphatic carboxylic acids is 1. The number of benzene rings is 1. The molecule has 2 rings (SSSR count). The lowest BCUT2D eigenvalue weighted by atomic mass is 9.87. The smallest absolute Gasteiger partial charge is 0.306 e. The van der Waals surface area contributed by atoms with Crippen LogP contribution in [0.5, 0.6) is 0 Å². The highest BCUT2D eigenvalue weighted by atomic mass is 35.5. The molecular formula is C15H18ClNO3S. The van der Waals surface area contributed by atoms with Crippen LogP contribution in [0, 0.1) is 11.8 Å². The lowest BCUT2D eigenvalue weighted by molar-refractivity contribution is -0.150. The summed E-state index contributed by atoms with van der Waals surface area (Å²) in [6, 6.07) is 7.38. The number of hydrogen-bond donors (Lipinski definition) is 1. The van der Waals surface area contributed by atoms with E-state index in [1.54, 1.807) is 24.0 Å². The van der Waals surface area contributed by atoms with Gasteiger partial charge in [0.1, 0.15) is 0 Å². The van der Waals surface area contributed by atoms with E-state index in [2.05, 4.69) is 0 Å². The number of thioether (sulfide) groups is 1. The summed E-state index contributed by atoms with van der Waals surface area (Å²) in [6.45, 7) is 4.64. The molecule has 1 amide bonds. The fourth-order valence-electron chi connectivity index (χ4n) is 2.24. The summed E-state index contributed by atoms with van der Waals surface area (Å²) >= 11 is 7.32. The van der Waals surface area contributed by atoms with Crippen molar-refractivity contribution in [3.63, 3.8) is 0 Å². The SMILES string of the molecule is CC(Sc1ccc(Cl)cc1)C(=O)N1CC(C(C)C(=O)O)C1. The Morgan fingerprint density at radius 2 is 1.86 bits per heavy atom. The standard InChI is InChI=1S/C15H18ClNO3S/c1-9(15(19)20)11-7-17(8-11)14(18)10(2)21-13-5-3-12(16)4-6-13/h3-6,9-11H,7-8H2,1-2H3,(H,19,20). The number of halogens is 1. The first-order valence-electron chi connectivity index (χ1n) is 6.82. The summed E-state index contributed by atoms with van der Waals surface area (Å²) in [7, 11) is 0. The van der Waals surface area contributed by atoms with E-state index in [9.17, 15) is 9.59 Å². The molecule has 4 nitrogen and oxygen atoms in total. The van der Waals surface area contributed by atoms with Crippen molar-refractivity contribution in [3.8, 4) is 0 Å². The topological polar surface area (TPSA) is 57.6 Å². The molecular weight excluding hydrogens is 310 g/mol. The molecule has 6 heteroatoms. The highest BCUT2D eigenvalue weighted by Crippen LogP contribution is 2.30. The Morgan fingerprint density at radius 3 is 2.38 bits per heavy atom. The Hall–Kier alpha value is -1.20. The van der Waals surface area contributed by atoms with Crippen molar-refractivity contribution < 1.29 is 14.7 Å².